The van der Waals surface area contributed by atoms with E-state index in [4.69, 9.17) is 9.51 Å². The predicted octanol–water partition coefficient (Wildman–Crippen LogP) is 7.16. The molecule has 0 bridgehead atoms. The Bertz CT molecular complexity index is 1590. The summed E-state index contributed by atoms with van der Waals surface area (Å²) in [7, 11) is 0. The zero-order chi connectivity index (χ0) is 26.1. The number of aliphatic carboxylic acids is 1. The molecule has 6 heteroatoms. The summed E-state index contributed by atoms with van der Waals surface area (Å²) in [4.78, 5) is 16.4. The third-order valence-corrected chi connectivity index (χ3v) is 7.23. The highest BCUT2D eigenvalue weighted by Gasteiger charge is 2.51. The molecule has 38 heavy (non-hydrogen) atoms. The van der Waals surface area contributed by atoms with Crippen molar-refractivity contribution in [2.75, 3.05) is 5.32 Å². The first-order chi connectivity index (χ1) is 18.5. The molecule has 2 aromatic heterocycles. The van der Waals surface area contributed by atoms with Gasteiger partial charge in [0, 0.05) is 17.7 Å². The zero-order valence-corrected chi connectivity index (χ0v) is 21.0. The average molecular weight is 502 g/mol. The number of aromatic nitrogens is 2. The van der Waals surface area contributed by atoms with Crippen LogP contribution in [0.1, 0.15) is 35.4 Å². The lowest BCUT2D eigenvalue weighted by Crippen LogP contribution is -2.19. The first kappa shape index (κ1) is 23.7. The van der Waals surface area contributed by atoms with E-state index in [9.17, 15) is 9.90 Å². The molecule has 0 unspecified atom stereocenters. The Kier molecular flexibility index (Phi) is 6.00. The summed E-state index contributed by atoms with van der Waals surface area (Å²) in [6.45, 7) is 1.91. The quantitative estimate of drug-likeness (QED) is 0.234. The topological polar surface area (TPSA) is 88.2 Å². The van der Waals surface area contributed by atoms with Crippen LogP contribution in [0.2, 0.25) is 0 Å². The number of carboxylic acid groups (broad SMARTS) is 1. The number of anilines is 2. The lowest BCUT2D eigenvalue weighted by molar-refractivity contribution is -0.140. The number of hydrogen-bond donors (Lipinski definition) is 2. The first-order valence-electron chi connectivity index (χ1n) is 12.7. The van der Waals surface area contributed by atoms with Gasteiger partial charge in [0.1, 0.15) is 17.2 Å². The standard InChI is InChI=1S/C32H27N3O3/c1-21-29(34-28-9-5-8-27(33-28)20-22-6-3-2-4-7-22)30(38-35-21)25-12-10-23(11-13-25)24-14-16-26(17-15-24)32(18-19-32)31(36)37/h2-17H,18-20H2,1H3,(H,33,34)(H,36,37). The largest absolute Gasteiger partial charge is 0.481 e. The second-order valence-electron chi connectivity index (χ2n) is 9.82. The van der Waals surface area contributed by atoms with Crippen LogP contribution in [0.5, 0.6) is 0 Å². The number of nitrogens with one attached hydrogen (secondary N) is 1. The second-order valence-corrected chi connectivity index (χ2v) is 9.82. The van der Waals surface area contributed by atoms with Gasteiger partial charge in [-0.15, -0.1) is 0 Å². The fourth-order valence-corrected chi connectivity index (χ4v) is 4.84. The number of carboxylic acids is 1. The number of rotatable bonds is 8. The molecule has 0 saturated heterocycles. The molecule has 2 N–H and O–H groups in total. The van der Waals surface area contributed by atoms with E-state index >= 15 is 0 Å². The van der Waals surface area contributed by atoms with Crippen molar-refractivity contribution in [2.45, 2.75) is 31.6 Å². The Morgan fingerprint density at radius 2 is 1.53 bits per heavy atom. The third-order valence-electron chi connectivity index (χ3n) is 7.23. The fourth-order valence-electron chi connectivity index (χ4n) is 4.84. The Balaban J connectivity index is 1.21. The Labute approximate surface area is 221 Å². The maximum atomic E-state index is 11.6. The van der Waals surface area contributed by atoms with Crippen LogP contribution in [0.25, 0.3) is 22.5 Å². The smallest absolute Gasteiger partial charge is 0.314 e. The molecule has 5 aromatic rings. The highest BCUT2D eigenvalue weighted by Crippen LogP contribution is 2.48. The number of aryl methyl sites for hydroxylation is 1. The Hall–Kier alpha value is -4.71. The molecule has 1 fully saturated rings. The molecule has 0 atom stereocenters. The maximum Gasteiger partial charge on any atom is 0.314 e. The molecule has 0 spiro atoms. The number of nitrogens with zero attached hydrogens (tertiary/aromatic N) is 2. The van der Waals surface area contributed by atoms with Crippen LogP contribution in [0.3, 0.4) is 0 Å². The van der Waals surface area contributed by atoms with Crippen LogP contribution in [0, 0.1) is 6.92 Å². The number of pyridine rings is 1. The van der Waals surface area contributed by atoms with Gasteiger partial charge in [0.05, 0.1) is 5.41 Å². The summed E-state index contributed by atoms with van der Waals surface area (Å²) in [6, 6.07) is 32.2. The maximum absolute atomic E-state index is 11.6. The van der Waals surface area contributed by atoms with Crippen molar-refractivity contribution >= 4 is 17.5 Å². The zero-order valence-electron chi connectivity index (χ0n) is 21.0. The molecule has 0 aliphatic heterocycles. The third kappa shape index (κ3) is 4.57. The van der Waals surface area contributed by atoms with E-state index in [-0.39, 0.29) is 0 Å². The van der Waals surface area contributed by atoms with E-state index in [0.29, 0.717) is 18.6 Å². The molecule has 6 nitrogen and oxygen atoms in total. The molecular weight excluding hydrogens is 474 g/mol. The van der Waals surface area contributed by atoms with Crippen LogP contribution < -0.4 is 5.32 Å². The summed E-state index contributed by atoms with van der Waals surface area (Å²) < 4.78 is 5.71. The molecule has 1 aliphatic rings. The number of carbonyl (C=O) groups is 1. The lowest BCUT2D eigenvalue weighted by Gasteiger charge is -2.11. The SMILES string of the molecule is Cc1noc(-c2ccc(-c3ccc(C4(C(=O)O)CC4)cc3)cc2)c1Nc1cccc(Cc2ccccc2)n1. The summed E-state index contributed by atoms with van der Waals surface area (Å²) >= 11 is 0. The summed E-state index contributed by atoms with van der Waals surface area (Å²) in [5, 5.41) is 17.2. The van der Waals surface area contributed by atoms with Gasteiger partial charge in [-0.1, -0.05) is 90.1 Å². The lowest BCUT2D eigenvalue weighted by atomic mass is 9.93. The molecular formula is C32H27N3O3. The molecule has 6 rings (SSSR count). The van der Waals surface area contributed by atoms with Crippen LogP contribution in [-0.2, 0) is 16.6 Å². The van der Waals surface area contributed by atoms with Crippen LogP contribution >= 0.6 is 0 Å². The van der Waals surface area contributed by atoms with E-state index in [0.717, 1.165) is 51.6 Å². The Morgan fingerprint density at radius 3 is 2.18 bits per heavy atom. The van der Waals surface area contributed by atoms with Crippen molar-refractivity contribution in [3.63, 3.8) is 0 Å². The molecule has 1 saturated carbocycles. The molecule has 3 aromatic carbocycles. The fraction of sp³-hybridized carbons (Fsp3) is 0.156. The minimum atomic E-state index is -0.737. The molecule has 2 heterocycles. The number of hydrogen-bond acceptors (Lipinski definition) is 5. The van der Waals surface area contributed by atoms with Gasteiger partial charge in [0.2, 0.25) is 0 Å². The van der Waals surface area contributed by atoms with E-state index in [2.05, 4.69) is 22.6 Å². The van der Waals surface area contributed by atoms with E-state index in [1.165, 1.54) is 5.56 Å². The van der Waals surface area contributed by atoms with Gasteiger partial charge in [-0.2, -0.15) is 0 Å². The van der Waals surface area contributed by atoms with Gasteiger partial charge in [0.25, 0.3) is 0 Å². The average Bonchev–Trinajstić information content (AvgIpc) is 3.69. The van der Waals surface area contributed by atoms with Gasteiger partial charge in [-0.3, -0.25) is 4.79 Å². The Morgan fingerprint density at radius 1 is 0.868 bits per heavy atom. The molecule has 0 amide bonds. The van der Waals surface area contributed by atoms with E-state index < -0.39 is 11.4 Å². The van der Waals surface area contributed by atoms with Crippen LogP contribution in [0.4, 0.5) is 11.5 Å². The van der Waals surface area contributed by atoms with Gasteiger partial charge >= 0.3 is 5.97 Å². The van der Waals surface area contributed by atoms with Crippen molar-refractivity contribution in [1.82, 2.24) is 10.1 Å². The summed E-state index contributed by atoms with van der Waals surface area (Å²) in [6.07, 6.45) is 2.16. The monoisotopic (exact) mass is 501 g/mol. The highest BCUT2D eigenvalue weighted by atomic mass is 16.5. The van der Waals surface area contributed by atoms with Crippen molar-refractivity contribution in [3.05, 3.63) is 120 Å². The first-order valence-corrected chi connectivity index (χ1v) is 12.7. The van der Waals surface area contributed by atoms with Crippen molar-refractivity contribution in [2.24, 2.45) is 0 Å². The van der Waals surface area contributed by atoms with Gasteiger partial charge in [0.15, 0.2) is 5.76 Å². The van der Waals surface area contributed by atoms with Crippen LogP contribution in [-0.4, -0.2) is 21.2 Å². The summed E-state index contributed by atoms with van der Waals surface area (Å²) in [5.41, 5.74) is 6.89. The van der Waals surface area contributed by atoms with E-state index in [1.54, 1.807) is 0 Å². The van der Waals surface area contributed by atoms with Crippen LogP contribution in [0.15, 0.2) is 102 Å². The predicted molar refractivity (Wildman–Crippen MR) is 147 cm³/mol. The highest BCUT2D eigenvalue weighted by molar-refractivity contribution is 5.85. The molecule has 188 valence electrons. The minimum absolute atomic E-state index is 0.650. The molecule has 0 radical (unpaired) electrons. The van der Waals surface area contributed by atoms with Crippen molar-refractivity contribution < 1.29 is 14.4 Å². The van der Waals surface area contributed by atoms with Gasteiger partial charge in [-0.05, 0) is 54.2 Å². The van der Waals surface area contributed by atoms with Gasteiger partial charge < -0.3 is 14.9 Å². The second kappa shape index (κ2) is 9.63. The van der Waals surface area contributed by atoms with Crippen molar-refractivity contribution in [1.29, 1.82) is 0 Å². The molecule has 1 aliphatic carbocycles. The number of benzene rings is 3. The summed E-state index contributed by atoms with van der Waals surface area (Å²) in [5.74, 6) is 0.647. The van der Waals surface area contributed by atoms with Gasteiger partial charge in [-0.25, -0.2) is 4.98 Å². The van der Waals surface area contributed by atoms with E-state index in [1.807, 2.05) is 91.9 Å². The minimum Gasteiger partial charge on any atom is -0.481 e. The van der Waals surface area contributed by atoms with Crippen molar-refractivity contribution in [3.8, 4) is 22.5 Å². The normalized spacial score (nSPS) is 13.7.